The summed E-state index contributed by atoms with van der Waals surface area (Å²) in [5.74, 6) is 0. The van der Waals surface area contributed by atoms with E-state index in [0.717, 1.165) is 105 Å². The SMILES string of the molecule is c1ccc(-c2ccc(N(c3ccc4c(c3)oc3ccccc34)c3ccc4ccc5oc6cc(-c7ccc8c(c7)oc7ccccc78)ccc6c5c4c3)cc2)cc1. The van der Waals surface area contributed by atoms with Gasteiger partial charge in [0.1, 0.15) is 33.5 Å². The van der Waals surface area contributed by atoms with Crippen molar-refractivity contribution >= 4 is 93.7 Å². The van der Waals surface area contributed by atoms with Crippen LogP contribution in [0.5, 0.6) is 0 Å². The van der Waals surface area contributed by atoms with Crippen LogP contribution in [0.15, 0.2) is 201 Å². The van der Waals surface area contributed by atoms with Crippen LogP contribution in [-0.2, 0) is 0 Å². The number of fused-ring (bicyclic) bond motifs is 11. The molecule has 12 aromatic rings. The van der Waals surface area contributed by atoms with Crippen LogP contribution in [0.4, 0.5) is 17.1 Å². The molecule has 4 nitrogen and oxygen atoms in total. The molecule has 9 aromatic carbocycles. The molecule has 0 amide bonds. The maximum atomic E-state index is 6.61. The summed E-state index contributed by atoms with van der Waals surface area (Å²) in [4.78, 5) is 2.31. The van der Waals surface area contributed by atoms with Gasteiger partial charge < -0.3 is 18.2 Å². The number of hydrogen-bond donors (Lipinski definition) is 0. The second-order valence-electron chi connectivity index (χ2n) is 14.5. The van der Waals surface area contributed by atoms with Crippen molar-refractivity contribution in [1.29, 1.82) is 0 Å². The van der Waals surface area contributed by atoms with Gasteiger partial charge in [0.2, 0.25) is 0 Å². The highest BCUT2D eigenvalue weighted by atomic mass is 16.3. The fourth-order valence-electron chi connectivity index (χ4n) is 8.54. The third-order valence-corrected chi connectivity index (χ3v) is 11.3. The van der Waals surface area contributed by atoms with Gasteiger partial charge in [-0.25, -0.2) is 0 Å². The maximum absolute atomic E-state index is 6.61. The molecule has 0 bridgehead atoms. The van der Waals surface area contributed by atoms with Crippen molar-refractivity contribution in [3.63, 3.8) is 0 Å². The average Bonchev–Trinajstić information content (AvgIpc) is 3.95. The van der Waals surface area contributed by atoms with Gasteiger partial charge in [-0.2, -0.15) is 0 Å². The van der Waals surface area contributed by atoms with Gasteiger partial charge in [-0.3, -0.25) is 0 Å². The molecule has 0 atom stereocenters. The lowest BCUT2D eigenvalue weighted by Gasteiger charge is -2.26. The van der Waals surface area contributed by atoms with Crippen LogP contribution in [0, 0.1) is 0 Å². The first-order valence-electron chi connectivity index (χ1n) is 18.9. The first kappa shape index (κ1) is 30.9. The fourth-order valence-corrected chi connectivity index (χ4v) is 8.54. The van der Waals surface area contributed by atoms with Crippen molar-refractivity contribution in [3.8, 4) is 22.3 Å². The lowest BCUT2D eigenvalue weighted by Crippen LogP contribution is -2.09. The van der Waals surface area contributed by atoms with Gasteiger partial charge in [-0.1, -0.05) is 103 Å². The van der Waals surface area contributed by atoms with Crippen molar-refractivity contribution in [1.82, 2.24) is 0 Å². The Kier molecular flexibility index (Phi) is 6.60. The quantitative estimate of drug-likeness (QED) is 0.178. The van der Waals surface area contributed by atoms with Crippen LogP contribution in [0.2, 0.25) is 0 Å². The van der Waals surface area contributed by atoms with Crippen LogP contribution in [0.1, 0.15) is 0 Å². The summed E-state index contributed by atoms with van der Waals surface area (Å²) in [6.07, 6.45) is 0. The number of anilines is 3. The van der Waals surface area contributed by atoms with E-state index in [4.69, 9.17) is 13.3 Å². The molecule has 0 fully saturated rings. The molecular formula is C52H31NO3. The predicted octanol–water partition coefficient (Wildman–Crippen LogP) is 15.3. The van der Waals surface area contributed by atoms with E-state index in [-0.39, 0.29) is 0 Å². The molecule has 3 aromatic heterocycles. The van der Waals surface area contributed by atoms with Crippen LogP contribution < -0.4 is 4.90 Å². The lowest BCUT2D eigenvalue weighted by molar-refractivity contribution is 0.668. The second-order valence-corrected chi connectivity index (χ2v) is 14.5. The van der Waals surface area contributed by atoms with E-state index in [9.17, 15) is 0 Å². The summed E-state index contributed by atoms with van der Waals surface area (Å²) in [7, 11) is 0. The smallest absolute Gasteiger partial charge is 0.137 e. The Bertz CT molecular complexity index is 3480. The summed E-state index contributed by atoms with van der Waals surface area (Å²) in [5.41, 5.74) is 12.9. The Labute approximate surface area is 321 Å². The summed E-state index contributed by atoms with van der Waals surface area (Å²) in [6.45, 7) is 0. The van der Waals surface area contributed by atoms with E-state index >= 15 is 0 Å². The molecule has 0 spiro atoms. The molecule has 262 valence electrons. The van der Waals surface area contributed by atoms with E-state index in [1.807, 2.05) is 24.3 Å². The third kappa shape index (κ3) is 4.79. The number of hydrogen-bond acceptors (Lipinski definition) is 4. The maximum Gasteiger partial charge on any atom is 0.137 e. The fraction of sp³-hybridized carbons (Fsp3) is 0. The topological polar surface area (TPSA) is 42.7 Å². The largest absolute Gasteiger partial charge is 0.456 e. The monoisotopic (exact) mass is 717 g/mol. The Morgan fingerprint density at radius 2 is 0.750 bits per heavy atom. The standard InChI is InChI=1S/C52H31NO3/c1-2-8-32(9-3-1)33-14-20-37(21-15-33)53(39-23-26-43-41-11-5-7-13-47(41)55-51(43)31-39)38-22-16-34-19-27-48-52(45(34)30-38)44-25-18-36(29-50(44)56-48)35-17-24-42-40-10-4-6-12-46(40)54-49(42)28-35/h1-31H. The number of rotatable bonds is 5. The minimum Gasteiger partial charge on any atom is -0.456 e. The van der Waals surface area contributed by atoms with Crippen LogP contribution in [0.3, 0.4) is 0 Å². The van der Waals surface area contributed by atoms with Gasteiger partial charge in [0.05, 0.1) is 0 Å². The Balaban J connectivity index is 1.01. The molecule has 12 rings (SSSR count). The average molecular weight is 718 g/mol. The molecule has 0 aliphatic rings. The highest BCUT2D eigenvalue weighted by Crippen LogP contribution is 2.43. The van der Waals surface area contributed by atoms with Crippen LogP contribution in [0.25, 0.3) is 98.8 Å². The van der Waals surface area contributed by atoms with Crippen molar-refractivity contribution in [2.24, 2.45) is 0 Å². The number of furan rings is 3. The van der Waals surface area contributed by atoms with E-state index in [1.54, 1.807) is 0 Å². The van der Waals surface area contributed by atoms with Crippen molar-refractivity contribution in [3.05, 3.63) is 188 Å². The molecule has 3 heterocycles. The van der Waals surface area contributed by atoms with Crippen molar-refractivity contribution in [2.75, 3.05) is 4.90 Å². The normalized spacial score (nSPS) is 11.9. The highest BCUT2D eigenvalue weighted by molar-refractivity contribution is 6.20. The molecule has 0 aliphatic carbocycles. The van der Waals surface area contributed by atoms with Gasteiger partial charge in [0.25, 0.3) is 0 Å². The second kappa shape index (κ2) is 12.0. The summed E-state index contributed by atoms with van der Waals surface area (Å²) in [6, 6.07) is 66.2. The highest BCUT2D eigenvalue weighted by Gasteiger charge is 2.19. The Hall–Kier alpha value is -7.56. The zero-order valence-corrected chi connectivity index (χ0v) is 30.1. The summed E-state index contributed by atoms with van der Waals surface area (Å²) < 4.78 is 19.2. The van der Waals surface area contributed by atoms with E-state index in [0.29, 0.717) is 0 Å². The van der Waals surface area contributed by atoms with Gasteiger partial charge in [0, 0.05) is 55.4 Å². The molecular weight excluding hydrogens is 687 g/mol. The van der Waals surface area contributed by atoms with E-state index in [1.165, 1.54) is 11.1 Å². The minimum atomic E-state index is 0.851. The van der Waals surface area contributed by atoms with E-state index < -0.39 is 0 Å². The summed E-state index contributed by atoms with van der Waals surface area (Å²) in [5, 5.41) is 8.93. The zero-order valence-electron chi connectivity index (χ0n) is 30.1. The molecule has 0 N–H and O–H groups in total. The van der Waals surface area contributed by atoms with Gasteiger partial charge in [0.15, 0.2) is 0 Å². The molecule has 4 heteroatoms. The lowest BCUT2D eigenvalue weighted by atomic mass is 9.99. The molecule has 0 saturated heterocycles. The molecule has 0 radical (unpaired) electrons. The first-order valence-corrected chi connectivity index (χ1v) is 18.9. The number of benzene rings is 9. The zero-order chi connectivity index (χ0) is 36.7. The Morgan fingerprint density at radius 1 is 0.268 bits per heavy atom. The molecule has 0 saturated carbocycles. The summed E-state index contributed by atoms with van der Waals surface area (Å²) >= 11 is 0. The minimum absolute atomic E-state index is 0.851. The van der Waals surface area contributed by atoms with Gasteiger partial charge in [-0.15, -0.1) is 0 Å². The molecule has 0 unspecified atom stereocenters. The van der Waals surface area contributed by atoms with Crippen LogP contribution in [-0.4, -0.2) is 0 Å². The van der Waals surface area contributed by atoms with Crippen LogP contribution >= 0.6 is 0 Å². The van der Waals surface area contributed by atoms with E-state index in [2.05, 4.69) is 169 Å². The molecule has 0 aliphatic heterocycles. The number of para-hydroxylation sites is 2. The third-order valence-electron chi connectivity index (χ3n) is 11.3. The van der Waals surface area contributed by atoms with Gasteiger partial charge in [-0.05, 0) is 112 Å². The van der Waals surface area contributed by atoms with Crippen molar-refractivity contribution < 1.29 is 13.3 Å². The molecule has 56 heavy (non-hydrogen) atoms. The first-order chi connectivity index (χ1) is 27.7. The predicted molar refractivity (Wildman–Crippen MR) is 231 cm³/mol. The van der Waals surface area contributed by atoms with Crippen molar-refractivity contribution in [2.45, 2.75) is 0 Å². The Morgan fingerprint density at radius 3 is 1.48 bits per heavy atom. The van der Waals surface area contributed by atoms with Gasteiger partial charge >= 0.3 is 0 Å². The number of nitrogens with zero attached hydrogens (tertiary/aromatic N) is 1.